The SMILES string of the molecule is CCC(CC)NC(=O)CN1C(=O)C(=O)N(C(C)C)C1=O. The van der Waals surface area contributed by atoms with Crippen LogP contribution in [0.2, 0.25) is 0 Å². The van der Waals surface area contributed by atoms with Crippen LogP contribution in [0.25, 0.3) is 0 Å². The zero-order valence-electron chi connectivity index (χ0n) is 12.3. The molecule has 1 N–H and O–H groups in total. The average molecular weight is 283 g/mol. The van der Waals surface area contributed by atoms with E-state index in [0.717, 1.165) is 17.7 Å². The molecule has 7 heteroatoms. The van der Waals surface area contributed by atoms with Crippen LogP contribution < -0.4 is 5.32 Å². The molecule has 0 aromatic carbocycles. The van der Waals surface area contributed by atoms with Gasteiger partial charge in [-0.1, -0.05) is 13.8 Å². The summed E-state index contributed by atoms with van der Waals surface area (Å²) in [6.07, 6.45) is 1.53. The van der Waals surface area contributed by atoms with Crippen molar-refractivity contribution in [1.29, 1.82) is 0 Å². The van der Waals surface area contributed by atoms with Crippen molar-refractivity contribution in [1.82, 2.24) is 15.1 Å². The third-order valence-electron chi connectivity index (χ3n) is 3.25. The van der Waals surface area contributed by atoms with Crippen molar-refractivity contribution in [2.24, 2.45) is 0 Å². The minimum Gasteiger partial charge on any atom is -0.352 e. The molecule has 0 unspecified atom stereocenters. The molecule has 20 heavy (non-hydrogen) atoms. The van der Waals surface area contributed by atoms with Crippen molar-refractivity contribution >= 4 is 23.8 Å². The first kappa shape index (κ1) is 16.1. The number of urea groups is 1. The fourth-order valence-corrected chi connectivity index (χ4v) is 2.03. The lowest BCUT2D eigenvalue weighted by atomic mass is 10.2. The van der Waals surface area contributed by atoms with E-state index in [9.17, 15) is 19.2 Å². The molecule has 0 aromatic heterocycles. The lowest BCUT2D eigenvalue weighted by molar-refractivity contribution is -0.144. The monoisotopic (exact) mass is 283 g/mol. The molecule has 0 saturated carbocycles. The largest absolute Gasteiger partial charge is 0.352 e. The average Bonchev–Trinajstić information content (AvgIpc) is 2.60. The van der Waals surface area contributed by atoms with Gasteiger partial charge in [-0.25, -0.2) is 9.69 Å². The van der Waals surface area contributed by atoms with Gasteiger partial charge < -0.3 is 5.32 Å². The molecule has 5 amide bonds. The predicted octanol–water partition coefficient (Wildman–Crippen LogP) is 0.490. The highest BCUT2D eigenvalue weighted by atomic mass is 16.2. The molecule has 0 radical (unpaired) electrons. The number of hydrogen-bond donors (Lipinski definition) is 1. The fourth-order valence-electron chi connectivity index (χ4n) is 2.03. The Kier molecular flexibility index (Phi) is 5.24. The highest BCUT2D eigenvalue weighted by Crippen LogP contribution is 2.14. The van der Waals surface area contributed by atoms with E-state index in [0.29, 0.717) is 4.90 Å². The van der Waals surface area contributed by atoms with Gasteiger partial charge in [0.2, 0.25) is 5.91 Å². The molecule has 0 spiro atoms. The summed E-state index contributed by atoms with van der Waals surface area (Å²) in [5.41, 5.74) is 0. The van der Waals surface area contributed by atoms with Crippen LogP contribution in [0.1, 0.15) is 40.5 Å². The normalized spacial score (nSPS) is 15.8. The summed E-state index contributed by atoms with van der Waals surface area (Å²) < 4.78 is 0. The van der Waals surface area contributed by atoms with Crippen LogP contribution in [-0.4, -0.2) is 52.2 Å². The molecule has 1 aliphatic rings. The van der Waals surface area contributed by atoms with Crippen LogP contribution in [0.4, 0.5) is 4.79 Å². The van der Waals surface area contributed by atoms with E-state index in [4.69, 9.17) is 0 Å². The van der Waals surface area contributed by atoms with E-state index < -0.39 is 36.3 Å². The molecule has 1 rings (SSSR count). The van der Waals surface area contributed by atoms with E-state index in [2.05, 4.69) is 5.32 Å². The standard InChI is InChI=1S/C13H21N3O4/c1-5-9(6-2)14-10(17)7-15-11(18)12(19)16(8(3)4)13(15)20/h8-9H,5-7H2,1-4H3,(H,14,17). The molecule has 112 valence electrons. The number of nitrogens with zero attached hydrogens (tertiary/aromatic N) is 2. The Labute approximate surface area is 118 Å². The van der Waals surface area contributed by atoms with Gasteiger partial charge in [0.1, 0.15) is 6.54 Å². The smallest absolute Gasteiger partial charge is 0.334 e. The number of rotatable bonds is 6. The van der Waals surface area contributed by atoms with Gasteiger partial charge >= 0.3 is 17.8 Å². The van der Waals surface area contributed by atoms with Gasteiger partial charge in [-0.05, 0) is 26.7 Å². The Balaban J connectivity index is 2.73. The first-order chi connectivity index (χ1) is 9.33. The van der Waals surface area contributed by atoms with Crippen molar-refractivity contribution in [3.63, 3.8) is 0 Å². The summed E-state index contributed by atoms with van der Waals surface area (Å²) in [4.78, 5) is 48.7. The Morgan fingerprint density at radius 1 is 1.10 bits per heavy atom. The first-order valence-corrected chi connectivity index (χ1v) is 6.81. The van der Waals surface area contributed by atoms with Crippen LogP contribution in [-0.2, 0) is 14.4 Å². The molecule has 0 aliphatic carbocycles. The lowest BCUT2D eigenvalue weighted by Gasteiger charge is -2.19. The number of carbonyl (C=O) groups excluding carboxylic acids is 4. The van der Waals surface area contributed by atoms with Gasteiger partial charge in [0.15, 0.2) is 0 Å². The second-order valence-corrected chi connectivity index (χ2v) is 5.02. The molecule has 1 aliphatic heterocycles. The third-order valence-corrected chi connectivity index (χ3v) is 3.25. The maximum atomic E-state index is 12.0. The van der Waals surface area contributed by atoms with E-state index in [-0.39, 0.29) is 6.04 Å². The van der Waals surface area contributed by atoms with Gasteiger partial charge in [-0.2, -0.15) is 0 Å². The van der Waals surface area contributed by atoms with Crippen LogP contribution in [0.15, 0.2) is 0 Å². The van der Waals surface area contributed by atoms with Crippen molar-refractivity contribution < 1.29 is 19.2 Å². The maximum Gasteiger partial charge on any atom is 0.334 e. The molecule has 0 aromatic rings. The Morgan fingerprint density at radius 2 is 1.65 bits per heavy atom. The second kappa shape index (κ2) is 6.49. The number of hydrogen-bond acceptors (Lipinski definition) is 4. The van der Waals surface area contributed by atoms with Gasteiger partial charge in [0, 0.05) is 12.1 Å². The minimum atomic E-state index is -0.941. The highest BCUT2D eigenvalue weighted by Gasteiger charge is 2.46. The Hall–Kier alpha value is -1.92. The quantitative estimate of drug-likeness (QED) is 0.567. The molecule has 1 fully saturated rings. The lowest BCUT2D eigenvalue weighted by Crippen LogP contribution is -2.45. The van der Waals surface area contributed by atoms with Crippen molar-refractivity contribution in [2.75, 3.05) is 6.54 Å². The number of nitrogens with one attached hydrogen (secondary N) is 1. The van der Waals surface area contributed by atoms with Crippen molar-refractivity contribution in [2.45, 2.75) is 52.6 Å². The zero-order chi connectivity index (χ0) is 15.4. The summed E-state index contributed by atoms with van der Waals surface area (Å²) in [7, 11) is 0. The molecular weight excluding hydrogens is 262 g/mol. The van der Waals surface area contributed by atoms with Gasteiger partial charge in [-0.15, -0.1) is 0 Å². The Morgan fingerprint density at radius 3 is 2.05 bits per heavy atom. The highest BCUT2D eigenvalue weighted by molar-refractivity contribution is 6.45. The first-order valence-electron chi connectivity index (χ1n) is 6.81. The van der Waals surface area contributed by atoms with Crippen LogP contribution in [0.5, 0.6) is 0 Å². The third kappa shape index (κ3) is 3.15. The zero-order valence-corrected chi connectivity index (χ0v) is 12.3. The maximum absolute atomic E-state index is 12.0. The van der Waals surface area contributed by atoms with E-state index in [1.807, 2.05) is 13.8 Å². The minimum absolute atomic E-state index is 0.00668. The molecular formula is C13H21N3O4. The second-order valence-electron chi connectivity index (χ2n) is 5.02. The van der Waals surface area contributed by atoms with Crippen molar-refractivity contribution in [3.05, 3.63) is 0 Å². The summed E-state index contributed by atoms with van der Waals surface area (Å²) in [6.45, 7) is 6.73. The summed E-state index contributed by atoms with van der Waals surface area (Å²) in [5.74, 6) is -2.25. The number of carbonyl (C=O) groups is 4. The Bertz CT molecular complexity index is 429. The van der Waals surface area contributed by atoms with E-state index >= 15 is 0 Å². The number of imide groups is 2. The van der Waals surface area contributed by atoms with Gasteiger partial charge in [0.05, 0.1) is 0 Å². The molecule has 1 heterocycles. The fraction of sp³-hybridized carbons (Fsp3) is 0.692. The number of amides is 5. The van der Waals surface area contributed by atoms with Gasteiger partial charge in [0.25, 0.3) is 0 Å². The van der Waals surface area contributed by atoms with Crippen LogP contribution >= 0.6 is 0 Å². The van der Waals surface area contributed by atoms with Crippen molar-refractivity contribution in [3.8, 4) is 0 Å². The van der Waals surface area contributed by atoms with E-state index in [1.54, 1.807) is 13.8 Å². The summed E-state index contributed by atoms with van der Waals surface area (Å²) in [5, 5.41) is 2.73. The molecule has 7 nitrogen and oxygen atoms in total. The predicted molar refractivity (Wildman–Crippen MR) is 71.6 cm³/mol. The molecule has 1 saturated heterocycles. The van der Waals surface area contributed by atoms with E-state index in [1.165, 1.54) is 0 Å². The molecule has 0 atom stereocenters. The summed E-state index contributed by atoms with van der Waals surface area (Å²) >= 11 is 0. The van der Waals surface area contributed by atoms with Crippen LogP contribution in [0, 0.1) is 0 Å². The molecule has 0 bridgehead atoms. The summed E-state index contributed by atoms with van der Waals surface area (Å²) in [6, 6.07) is -1.13. The topological polar surface area (TPSA) is 86.8 Å². The van der Waals surface area contributed by atoms with Gasteiger partial charge in [-0.3, -0.25) is 19.3 Å². The van der Waals surface area contributed by atoms with Crippen LogP contribution in [0.3, 0.4) is 0 Å².